The van der Waals surface area contributed by atoms with E-state index in [-0.39, 0.29) is 28.3 Å². The number of aromatic nitrogens is 1. The number of halogens is 1. The van der Waals surface area contributed by atoms with Gasteiger partial charge in [-0.2, -0.15) is 0 Å². The van der Waals surface area contributed by atoms with Gasteiger partial charge >= 0.3 is 0 Å². The average molecular weight is 348 g/mol. The fraction of sp³-hybridized carbons (Fsp3) is 0.250. The number of aryl methyl sites for hydroxylation is 1. The van der Waals surface area contributed by atoms with Gasteiger partial charge in [-0.25, -0.2) is 4.98 Å². The van der Waals surface area contributed by atoms with Crippen molar-refractivity contribution in [3.8, 4) is 5.88 Å². The van der Waals surface area contributed by atoms with E-state index < -0.39 is 4.92 Å². The van der Waals surface area contributed by atoms with E-state index in [1.54, 1.807) is 11.0 Å². The Labute approximate surface area is 143 Å². The van der Waals surface area contributed by atoms with E-state index >= 15 is 0 Å². The number of hydrogen-bond acceptors (Lipinski definition) is 5. The lowest BCUT2D eigenvalue weighted by Gasteiger charge is -2.38. The minimum absolute atomic E-state index is 0.00638. The lowest BCUT2D eigenvalue weighted by molar-refractivity contribution is -0.384. The molecule has 7 nitrogen and oxygen atoms in total. The van der Waals surface area contributed by atoms with Gasteiger partial charge < -0.3 is 9.64 Å². The molecule has 0 spiro atoms. The molecule has 2 aromatic rings. The Bertz CT molecular complexity index is 806. The SMILES string of the molecule is Cc1cccc(OC2CN(C(=O)c3ccc(Cl)c([N+](=O)[O-])c3)C2)n1. The van der Waals surface area contributed by atoms with Crippen LogP contribution in [0.25, 0.3) is 0 Å². The van der Waals surface area contributed by atoms with Gasteiger partial charge in [-0.1, -0.05) is 17.7 Å². The Kier molecular flexibility index (Phi) is 4.35. The third-order valence-electron chi connectivity index (χ3n) is 3.68. The van der Waals surface area contributed by atoms with Crippen molar-refractivity contribution < 1.29 is 14.5 Å². The summed E-state index contributed by atoms with van der Waals surface area (Å²) in [4.78, 5) is 28.5. The second-order valence-electron chi connectivity index (χ2n) is 5.49. The number of ether oxygens (including phenoxy) is 1. The van der Waals surface area contributed by atoms with Gasteiger partial charge in [-0.05, 0) is 25.1 Å². The highest BCUT2D eigenvalue weighted by Gasteiger charge is 2.33. The van der Waals surface area contributed by atoms with Gasteiger partial charge in [-0.3, -0.25) is 14.9 Å². The minimum Gasteiger partial charge on any atom is -0.471 e. The third kappa shape index (κ3) is 3.30. The number of carbonyl (C=O) groups is 1. The number of benzene rings is 1. The quantitative estimate of drug-likeness (QED) is 0.627. The molecule has 0 aliphatic carbocycles. The Hall–Kier alpha value is -2.67. The van der Waals surface area contributed by atoms with Crippen LogP contribution in [0.1, 0.15) is 16.1 Å². The van der Waals surface area contributed by atoms with Crippen molar-refractivity contribution in [3.63, 3.8) is 0 Å². The number of likely N-dealkylation sites (tertiary alicyclic amines) is 1. The molecule has 1 saturated heterocycles. The molecule has 0 saturated carbocycles. The molecule has 1 aliphatic rings. The number of carbonyl (C=O) groups excluding carboxylic acids is 1. The summed E-state index contributed by atoms with van der Waals surface area (Å²) in [5.74, 6) is 0.237. The van der Waals surface area contributed by atoms with E-state index in [1.165, 1.54) is 18.2 Å². The maximum atomic E-state index is 12.4. The summed E-state index contributed by atoms with van der Waals surface area (Å²) in [5.41, 5.74) is 0.811. The summed E-state index contributed by atoms with van der Waals surface area (Å²) in [5, 5.41) is 10.9. The van der Waals surface area contributed by atoms with Gasteiger partial charge in [0.1, 0.15) is 11.1 Å². The highest BCUT2D eigenvalue weighted by atomic mass is 35.5. The normalized spacial score (nSPS) is 14.2. The topological polar surface area (TPSA) is 85.6 Å². The minimum atomic E-state index is -0.607. The number of amides is 1. The second-order valence-corrected chi connectivity index (χ2v) is 5.90. The van der Waals surface area contributed by atoms with Crippen LogP contribution in [-0.2, 0) is 0 Å². The molecule has 24 heavy (non-hydrogen) atoms. The third-order valence-corrected chi connectivity index (χ3v) is 3.99. The van der Waals surface area contributed by atoms with Crippen LogP contribution in [0.3, 0.4) is 0 Å². The van der Waals surface area contributed by atoms with Crippen molar-refractivity contribution in [1.82, 2.24) is 9.88 Å². The Morgan fingerprint density at radius 1 is 1.38 bits per heavy atom. The molecule has 0 bridgehead atoms. The van der Waals surface area contributed by atoms with Gasteiger partial charge in [0.15, 0.2) is 0 Å². The highest BCUT2D eigenvalue weighted by Crippen LogP contribution is 2.27. The van der Waals surface area contributed by atoms with Crippen molar-refractivity contribution in [2.45, 2.75) is 13.0 Å². The fourth-order valence-corrected chi connectivity index (χ4v) is 2.59. The van der Waals surface area contributed by atoms with E-state index in [0.717, 1.165) is 5.69 Å². The molecule has 1 aliphatic heterocycles. The lowest BCUT2D eigenvalue weighted by atomic mass is 10.1. The summed E-state index contributed by atoms with van der Waals surface area (Å²) in [7, 11) is 0. The highest BCUT2D eigenvalue weighted by molar-refractivity contribution is 6.32. The van der Waals surface area contributed by atoms with Gasteiger partial charge in [0.2, 0.25) is 5.88 Å². The predicted molar refractivity (Wildman–Crippen MR) is 87.4 cm³/mol. The Morgan fingerprint density at radius 3 is 2.79 bits per heavy atom. The fourth-order valence-electron chi connectivity index (χ4n) is 2.40. The number of hydrogen-bond donors (Lipinski definition) is 0. The van der Waals surface area contributed by atoms with E-state index in [2.05, 4.69) is 4.98 Å². The molecule has 0 unspecified atom stereocenters. The van der Waals surface area contributed by atoms with Crippen LogP contribution >= 0.6 is 11.6 Å². The second kappa shape index (κ2) is 6.45. The van der Waals surface area contributed by atoms with Crippen molar-refractivity contribution >= 4 is 23.2 Å². The van der Waals surface area contributed by atoms with Gasteiger partial charge in [0.25, 0.3) is 11.6 Å². The smallest absolute Gasteiger partial charge is 0.288 e. The first-order valence-corrected chi connectivity index (χ1v) is 7.65. The van der Waals surface area contributed by atoms with Gasteiger partial charge in [0, 0.05) is 23.4 Å². The molecule has 1 amide bonds. The summed E-state index contributed by atoms with van der Waals surface area (Å²) in [6.45, 7) is 2.69. The van der Waals surface area contributed by atoms with Gasteiger partial charge in [0.05, 0.1) is 18.0 Å². The largest absolute Gasteiger partial charge is 0.471 e. The first kappa shape index (κ1) is 16.2. The first-order chi connectivity index (χ1) is 11.4. The molecule has 8 heteroatoms. The Morgan fingerprint density at radius 2 is 2.12 bits per heavy atom. The predicted octanol–water partition coefficient (Wildman–Crippen LogP) is 2.86. The summed E-state index contributed by atoms with van der Waals surface area (Å²) in [6, 6.07) is 9.52. The van der Waals surface area contributed by atoms with Crippen molar-refractivity contribution in [2.75, 3.05) is 13.1 Å². The first-order valence-electron chi connectivity index (χ1n) is 7.27. The maximum absolute atomic E-state index is 12.4. The van der Waals surface area contributed by atoms with Crippen LogP contribution in [0.15, 0.2) is 36.4 Å². The molecule has 0 atom stereocenters. The molecular formula is C16H14ClN3O4. The maximum Gasteiger partial charge on any atom is 0.288 e. The van der Waals surface area contributed by atoms with Crippen LogP contribution in [0.2, 0.25) is 5.02 Å². The number of nitro groups is 1. The van der Waals surface area contributed by atoms with Crippen molar-refractivity contribution in [3.05, 3.63) is 62.8 Å². The monoisotopic (exact) mass is 347 g/mol. The van der Waals surface area contributed by atoms with Crippen molar-refractivity contribution in [1.29, 1.82) is 0 Å². The lowest BCUT2D eigenvalue weighted by Crippen LogP contribution is -2.56. The van der Waals surface area contributed by atoms with E-state index in [1.807, 2.05) is 19.1 Å². The molecule has 124 valence electrons. The number of nitro benzene ring substituents is 1. The summed E-state index contributed by atoms with van der Waals surface area (Å²) < 4.78 is 5.69. The average Bonchev–Trinajstić information content (AvgIpc) is 2.50. The van der Waals surface area contributed by atoms with Crippen LogP contribution in [-0.4, -0.2) is 39.9 Å². The zero-order valence-corrected chi connectivity index (χ0v) is 13.6. The molecule has 0 N–H and O–H groups in total. The van der Waals surface area contributed by atoms with Crippen LogP contribution in [0, 0.1) is 17.0 Å². The van der Waals surface area contributed by atoms with E-state index in [0.29, 0.717) is 19.0 Å². The summed E-state index contributed by atoms with van der Waals surface area (Å²) in [6.07, 6.45) is -0.134. The van der Waals surface area contributed by atoms with Gasteiger partial charge in [-0.15, -0.1) is 0 Å². The number of rotatable bonds is 4. The standard InChI is InChI=1S/C16H14ClN3O4/c1-10-3-2-4-15(18-10)24-12-8-19(9-12)16(21)11-5-6-13(17)14(7-11)20(22)23/h2-7,12H,8-9H2,1H3. The zero-order chi connectivity index (χ0) is 17.3. The molecule has 1 aromatic carbocycles. The van der Waals surface area contributed by atoms with Crippen LogP contribution in [0.4, 0.5) is 5.69 Å². The van der Waals surface area contributed by atoms with E-state index in [4.69, 9.17) is 16.3 Å². The van der Waals surface area contributed by atoms with Crippen LogP contribution in [0.5, 0.6) is 5.88 Å². The molecule has 1 fully saturated rings. The summed E-state index contributed by atoms with van der Waals surface area (Å²) >= 11 is 5.76. The molecule has 3 rings (SSSR count). The molecule has 0 radical (unpaired) electrons. The molecule has 1 aromatic heterocycles. The zero-order valence-electron chi connectivity index (χ0n) is 12.8. The number of nitrogens with zero attached hydrogens (tertiary/aromatic N) is 3. The Balaban J connectivity index is 1.62. The number of pyridine rings is 1. The van der Waals surface area contributed by atoms with E-state index in [9.17, 15) is 14.9 Å². The molecule has 2 heterocycles. The molecular weight excluding hydrogens is 334 g/mol. The van der Waals surface area contributed by atoms with Crippen LogP contribution < -0.4 is 4.74 Å². The van der Waals surface area contributed by atoms with Crippen molar-refractivity contribution in [2.24, 2.45) is 0 Å².